The number of amides is 1. The standard InChI is InChI=1S/C17H15BrN2O3S2/c1-11-4-2-7-14-16(11)20-17(24-14)19-15(21)10-25(22,23)9-12-5-3-6-13(18)8-12/h2-8H,9-10H2,1H3,(H,19,20,21). The Morgan fingerprint density at radius 1 is 1.24 bits per heavy atom. The third-order valence-electron chi connectivity index (χ3n) is 3.49. The molecule has 3 rings (SSSR count). The summed E-state index contributed by atoms with van der Waals surface area (Å²) in [4.78, 5) is 16.5. The van der Waals surface area contributed by atoms with E-state index in [1.54, 1.807) is 18.2 Å². The van der Waals surface area contributed by atoms with Gasteiger partial charge in [-0.25, -0.2) is 13.4 Å². The Morgan fingerprint density at radius 2 is 2.00 bits per heavy atom. The molecule has 2 aromatic carbocycles. The lowest BCUT2D eigenvalue weighted by atomic mass is 10.2. The van der Waals surface area contributed by atoms with E-state index in [0.717, 1.165) is 20.3 Å². The molecule has 1 aromatic heterocycles. The van der Waals surface area contributed by atoms with Gasteiger partial charge < -0.3 is 5.32 Å². The van der Waals surface area contributed by atoms with Gasteiger partial charge in [-0.3, -0.25) is 4.79 Å². The average molecular weight is 439 g/mol. The number of rotatable bonds is 5. The van der Waals surface area contributed by atoms with Crippen LogP contribution in [0, 0.1) is 6.92 Å². The Morgan fingerprint density at radius 3 is 2.72 bits per heavy atom. The van der Waals surface area contributed by atoms with Crippen molar-refractivity contribution in [3.05, 3.63) is 58.1 Å². The largest absolute Gasteiger partial charge is 0.301 e. The fraction of sp³-hybridized carbons (Fsp3) is 0.176. The Kier molecular flexibility index (Phi) is 5.21. The minimum atomic E-state index is -3.56. The number of hydrogen-bond donors (Lipinski definition) is 1. The molecule has 0 unspecified atom stereocenters. The van der Waals surface area contributed by atoms with Crippen molar-refractivity contribution in [3.63, 3.8) is 0 Å². The summed E-state index contributed by atoms with van der Waals surface area (Å²) in [5.74, 6) is -1.33. The lowest BCUT2D eigenvalue weighted by Gasteiger charge is -2.05. The van der Waals surface area contributed by atoms with Crippen LogP contribution in [0.4, 0.5) is 5.13 Å². The van der Waals surface area contributed by atoms with Crippen LogP contribution in [0.1, 0.15) is 11.1 Å². The van der Waals surface area contributed by atoms with Gasteiger partial charge in [0.1, 0.15) is 5.75 Å². The molecular weight excluding hydrogens is 424 g/mol. The number of hydrogen-bond acceptors (Lipinski definition) is 5. The van der Waals surface area contributed by atoms with Crippen molar-refractivity contribution >= 4 is 58.4 Å². The Hall–Kier alpha value is -1.77. The van der Waals surface area contributed by atoms with E-state index in [1.165, 1.54) is 11.3 Å². The molecule has 8 heteroatoms. The number of carbonyl (C=O) groups excluding carboxylic acids is 1. The summed E-state index contributed by atoms with van der Waals surface area (Å²) in [5.41, 5.74) is 2.47. The van der Waals surface area contributed by atoms with Crippen LogP contribution in [-0.2, 0) is 20.4 Å². The first-order chi connectivity index (χ1) is 11.8. The van der Waals surface area contributed by atoms with Gasteiger partial charge in [-0.1, -0.05) is 51.5 Å². The highest BCUT2D eigenvalue weighted by atomic mass is 79.9. The maximum Gasteiger partial charge on any atom is 0.241 e. The molecule has 1 amide bonds. The third kappa shape index (κ3) is 4.65. The molecule has 0 saturated heterocycles. The highest BCUT2D eigenvalue weighted by Crippen LogP contribution is 2.27. The molecule has 130 valence electrons. The first kappa shape index (κ1) is 18.0. The summed E-state index contributed by atoms with van der Waals surface area (Å²) in [7, 11) is -3.56. The molecule has 0 aliphatic rings. The van der Waals surface area contributed by atoms with Gasteiger partial charge >= 0.3 is 0 Å². The van der Waals surface area contributed by atoms with Crippen LogP contribution in [0.25, 0.3) is 10.2 Å². The van der Waals surface area contributed by atoms with Gasteiger partial charge in [-0.05, 0) is 36.2 Å². The minimum Gasteiger partial charge on any atom is -0.301 e. The lowest BCUT2D eigenvalue weighted by molar-refractivity contribution is -0.113. The number of halogens is 1. The molecule has 3 aromatic rings. The van der Waals surface area contributed by atoms with E-state index in [2.05, 4.69) is 26.2 Å². The van der Waals surface area contributed by atoms with Crippen LogP contribution in [0.3, 0.4) is 0 Å². The molecule has 0 atom stereocenters. The number of sulfone groups is 1. The van der Waals surface area contributed by atoms with Gasteiger partial charge in [0.15, 0.2) is 15.0 Å². The van der Waals surface area contributed by atoms with Gasteiger partial charge in [0.2, 0.25) is 5.91 Å². The van der Waals surface area contributed by atoms with Crippen molar-refractivity contribution in [2.75, 3.05) is 11.1 Å². The van der Waals surface area contributed by atoms with Crippen molar-refractivity contribution in [1.82, 2.24) is 4.98 Å². The van der Waals surface area contributed by atoms with Crippen molar-refractivity contribution in [2.24, 2.45) is 0 Å². The van der Waals surface area contributed by atoms with E-state index in [9.17, 15) is 13.2 Å². The van der Waals surface area contributed by atoms with Gasteiger partial charge in [-0.15, -0.1) is 0 Å². The van der Waals surface area contributed by atoms with Crippen molar-refractivity contribution in [3.8, 4) is 0 Å². The van der Waals surface area contributed by atoms with E-state index in [1.807, 2.05) is 31.2 Å². The van der Waals surface area contributed by atoms with Crippen LogP contribution in [0.15, 0.2) is 46.9 Å². The molecular formula is C17H15BrN2O3S2. The second-order valence-corrected chi connectivity index (χ2v) is 9.66. The van der Waals surface area contributed by atoms with Gasteiger partial charge in [0, 0.05) is 4.47 Å². The number of nitrogens with zero attached hydrogens (tertiary/aromatic N) is 1. The topological polar surface area (TPSA) is 76.1 Å². The van der Waals surface area contributed by atoms with Crippen molar-refractivity contribution in [1.29, 1.82) is 0 Å². The van der Waals surface area contributed by atoms with Gasteiger partial charge in [-0.2, -0.15) is 0 Å². The van der Waals surface area contributed by atoms with Crippen molar-refractivity contribution in [2.45, 2.75) is 12.7 Å². The quantitative estimate of drug-likeness (QED) is 0.654. The number of carbonyl (C=O) groups is 1. The summed E-state index contributed by atoms with van der Waals surface area (Å²) >= 11 is 4.63. The molecule has 0 spiro atoms. The number of anilines is 1. The van der Waals surface area contributed by atoms with Gasteiger partial charge in [0.25, 0.3) is 0 Å². The predicted molar refractivity (Wildman–Crippen MR) is 105 cm³/mol. The molecule has 1 heterocycles. The van der Waals surface area contributed by atoms with Crippen molar-refractivity contribution < 1.29 is 13.2 Å². The van der Waals surface area contributed by atoms with E-state index in [0.29, 0.717) is 10.7 Å². The van der Waals surface area contributed by atoms with Crippen LogP contribution < -0.4 is 5.32 Å². The molecule has 0 fully saturated rings. The van der Waals surface area contributed by atoms with Gasteiger partial charge in [0.05, 0.1) is 16.0 Å². The fourth-order valence-electron chi connectivity index (χ4n) is 2.43. The number of benzene rings is 2. The summed E-state index contributed by atoms with van der Waals surface area (Å²) < 4.78 is 26.2. The molecule has 0 radical (unpaired) electrons. The Labute approximate surface area is 158 Å². The molecule has 0 aliphatic heterocycles. The monoisotopic (exact) mass is 438 g/mol. The minimum absolute atomic E-state index is 0.182. The van der Waals surface area contributed by atoms with E-state index in [-0.39, 0.29) is 5.75 Å². The maximum atomic E-state index is 12.2. The first-order valence-corrected chi connectivity index (χ1v) is 10.9. The maximum absolute atomic E-state index is 12.2. The normalized spacial score (nSPS) is 11.6. The predicted octanol–water partition coefficient (Wildman–Crippen LogP) is 3.92. The number of thiazole rings is 1. The molecule has 0 aliphatic carbocycles. The molecule has 25 heavy (non-hydrogen) atoms. The molecule has 0 bridgehead atoms. The zero-order valence-electron chi connectivity index (χ0n) is 13.3. The number of para-hydroxylation sites is 1. The summed E-state index contributed by atoms with van der Waals surface area (Å²) in [5, 5.41) is 3.00. The third-order valence-corrected chi connectivity index (χ3v) is 6.40. The second-order valence-electron chi connectivity index (χ2n) is 5.65. The summed E-state index contributed by atoms with van der Waals surface area (Å²) in [6.07, 6.45) is 0. The van der Waals surface area contributed by atoms with Crippen LogP contribution >= 0.6 is 27.3 Å². The SMILES string of the molecule is Cc1cccc2sc(NC(=O)CS(=O)(=O)Cc3cccc(Br)c3)nc12. The molecule has 5 nitrogen and oxygen atoms in total. The average Bonchev–Trinajstić information content (AvgIpc) is 2.89. The number of fused-ring (bicyclic) bond motifs is 1. The molecule has 0 saturated carbocycles. The lowest BCUT2D eigenvalue weighted by Crippen LogP contribution is -2.23. The molecule has 1 N–H and O–H groups in total. The first-order valence-electron chi connectivity index (χ1n) is 7.43. The van der Waals surface area contributed by atoms with E-state index < -0.39 is 21.5 Å². The van der Waals surface area contributed by atoms with Crippen LogP contribution in [0.5, 0.6) is 0 Å². The highest BCUT2D eigenvalue weighted by Gasteiger charge is 2.19. The summed E-state index contributed by atoms with van der Waals surface area (Å²) in [6.45, 7) is 1.94. The Balaban J connectivity index is 1.69. The van der Waals surface area contributed by atoms with Crippen LogP contribution in [-0.4, -0.2) is 25.1 Å². The fourth-order valence-corrected chi connectivity index (χ4v) is 5.09. The zero-order chi connectivity index (χ0) is 18.0. The number of aryl methyl sites for hydroxylation is 1. The zero-order valence-corrected chi connectivity index (χ0v) is 16.5. The Bertz CT molecular complexity index is 1040. The highest BCUT2D eigenvalue weighted by molar-refractivity contribution is 9.10. The van der Waals surface area contributed by atoms with Crippen LogP contribution in [0.2, 0.25) is 0 Å². The smallest absolute Gasteiger partial charge is 0.241 e. The van der Waals surface area contributed by atoms with E-state index in [4.69, 9.17) is 0 Å². The second kappa shape index (κ2) is 7.23. The summed E-state index contributed by atoms with van der Waals surface area (Å²) in [6, 6.07) is 12.8. The number of nitrogens with one attached hydrogen (secondary N) is 1. The van der Waals surface area contributed by atoms with E-state index >= 15 is 0 Å². The number of aromatic nitrogens is 1.